The smallest absolute Gasteiger partial charge is 0.159 e. The van der Waals surface area contributed by atoms with Gasteiger partial charge in [0.05, 0.1) is 6.61 Å². The molecule has 2 rings (SSSR count). The second kappa shape index (κ2) is 6.29. The zero-order valence-corrected chi connectivity index (χ0v) is 10.6. The Bertz CT molecular complexity index is 558. The highest BCUT2D eigenvalue weighted by atomic mass is 19.2. The van der Waals surface area contributed by atoms with Crippen molar-refractivity contribution in [2.75, 3.05) is 12.4 Å². The maximum Gasteiger partial charge on any atom is 0.159 e. The molecule has 2 aromatic carbocycles. The van der Waals surface area contributed by atoms with Gasteiger partial charge < -0.3 is 10.1 Å². The Hall–Kier alpha value is -1.94. The second-order valence-electron chi connectivity index (χ2n) is 4.24. The number of nitrogens with one attached hydrogen (secondary N) is 1. The van der Waals surface area contributed by atoms with Crippen LogP contribution < -0.4 is 5.32 Å². The molecule has 0 fully saturated rings. The summed E-state index contributed by atoms with van der Waals surface area (Å²) >= 11 is 0. The fourth-order valence-electron chi connectivity index (χ4n) is 1.79. The number of rotatable bonds is 5. The quantitative estimate of drug-likeness (QED) is 0.887. The van der Waals surface area contributed by atoms with Gasteiger partial charge in [-0.2, -0.15) is 0 Å². The van der Waals surface area contributed by atoms with Gasteiger partial charge in [-0.25, -0.2) is 8.78 Å². The average molecular weight is 263 g/mol. The molecule has 100 valence electrons. The van der Waals surface area contributed by atoms with E-state index in [-0.39, 0.29) is 0 Å². The molecule has 2 aromatic rings. The number of anilines is 1. The predicted molar refractivity (Wildman–Crippen MR) is 70.8 cm³/mol. The summed E-state index contributed by atoms with van der Waals surface area (Å²) in [6, 6.07) is 11.6. The number of methoxy groups -OCH3 is 1. The van der Waals surface area contributed by atoms with Crippen LogP contribution in [0.25, 0.3) is 0 Å². The molecule has 0 aliphatic rings. The van der Waals surface area contributed by atoms with Gasteiger partial charge in [0.1, 0.15) is 0 Å². The SMILES string of the molecule is COCc1cccc(NCc2ccc(F)c(F)c2)c1. The van der Waals surface area contributed by atoms with Crippen LogP contribution in [0.5, 0.6) is 0 Å². The van der Waals surface area contributed by atoms with Gasteiger partial charge in [0.2, 0.25) is 0 Å². The Labute approximate surface area is 111 Å². The molecule has 0 saturated heterocycles. The zero-order valence-electron chi connectivity index (χ0n) is 10.6. The van der Waals surface area contributed by atoms with E-state index in [0.717, 1.165) is 17.3 Å². The van der Waals surface area contributed by atoms with E-state index < -0.39 is 11.6 Å². The van der Waals surface area contributed by atoms with Crippen LogP contribution in [0.2, 0.25) is 0 Å². The van der Waals surface area contributed by atoms with Gasteiger partial charge in [0.25, 0.3) is 0 Å². The van der Waals surface area contributed by atoms with Crippen molar-refractivity contribution in [3.63, 3.8) is 0 Å². The molecule has 0 amide bonds. The van der Waals surface area contributed by atoms with Crippen LogP contribution in [0, 0.1) is 11.6 Å². The Morgan fingerprint density at radius 1 is 1.00 bits per heavy atom. The Morgan fingerprint density at radius 2 is 1.84 bits per heavy atom. The van der Waals surface area contributed by atoms with Gasteiger partial charge in [-0.1, -0.05) is 18.2 Å². The summed E-state index contributed by atoms with van der Waals surface area (Å²) in [5.74, 6) is -1.65. The Morgan fingerprint density at radius 3 is 2.58 bits per heavy atom. The number of benzene rings is 2. The van der Waals surface area contributed by atoms with Crippen LogP contribution in [0.15, 0.2) is 42.5 Å². The maximum absolute atomic E-state index is 13.1. The van der Waals surface area contributed by atoms with E-state index in [9.17, 15) is 8.78 Å². The van der Waals surface area contributed by atoms with E-state index >= 15 is 0 Å². The third-order valence-electron chi connectivity index (χ3n) is 2.72. The highest BCUT2D eigenvalue weighted by Crippen LogP contribution is 2.14. The zero-order chi connectivity index (χ0) is 13.7. The summed E-state index contributed by atoms with van der Waals surface area (Å²) in [6.45, 7) is 0.980. The minimum atomic E-state index is -0.828. The molecule has 0 aliphatic carbocycles. The average Bonchev–Trinajstić information content (AvgIpc) is 2.41. The summed E-state index contributed by atoms with van der Waals surface area (Å²) in [4.78, 5) is 0. The number of hydrogen-bond donors (Lipinski definition) is 1. The first kappa shape index (κ1) is 13.5. The molecule has 2 nitrogen and oxygen atoms in total. The molecular formula is C15H15F2NO. The van der Waals surface area contributed by atoms with E-state index in [1.807, 2.05) is 24.3 Å². The molecule has 0 unspecified atom stereocenters. The first-order valence-electron chi connectivity index (χ1n) is 5.94. The Balaban J connectivity index is 2.01. The second-order valence-corrected chi connectivity index (χ2v) is 4.24. The first-order valence-corrected chi connectivity index (χ1v) is 5.94. The van der Waals surface area contributed by atoms with E-state index in [4.69, 9.17) is 4.74 Å². The Kier molecular flexibility index (Phi) is 4.47. The topological polar surface area (TPSA) is 21.3 Å². The summed E-state index contributed by atoms with van der Waals surface area (Å²) < 4.78 is 30.9. The lowest BCUT2D eigenvalue weighted by Crippen LogP contribution is -2.01. The lowest BCUT2D eigenvalue weighted by Gasteiger charge is -2.08. The van der Waals surface area contributed by atoms with Gasteiger partial charge in [-0.3, -0.25) is 0 Å². The monoisotopic (exact) mass is 263 g/mol. The predicted octanol–water partition coefficient (Wildman–Crippen LogP) is 3.72. The van der Waals surface area contributed by atoms with Gasteiger partial charge >= 0.3 is 0 Å². The van der Waals surface area contributed by atoms with Crippen molar-refractivity contribution in [2.24, 2.45) is 0 Å². The van der Waals surface area contributed by atoms with Crippen LogP contribution in [0.4, 0.5) is 14.5 Å². The van der Waals surface area contributed by atoms with Crippen LogP contribution in [-0.2, 0) is 17.9 Å². The van der Waals surface area contributed by atoms with Gasteiger partial charge in [-0.15, -0.1) is 0 Å². The number of halogens is 2. The lowest BCUT2D eigenvalue weighted by atomic mass is 10.2. The molecule has 0 saturated carbocycles. The van der Waals surface area contributed by atoms with Gasteiger partial charge in [0.15, 0.2) is 11.6 Å². The van der Waals surface area contributed by atoms with Crippen molar-refractivity contribution in [1.82, 2.24) is 0 Å². The standard InChI is InChI=1S/C15H15F2NO/c1-19-10-12-3-2-4-13(7-12)18-9-11-5-6-14(16)15(17)8-11/h2-8,18H,9-10H2,1H3. The van der Waals surface area contributed by atoms with Crippen molar-refractivity contribution in [3.05, 3.63) is 65.2 Å². The molecule has 0 aliphatic heterocycles. The molecule has 0 atom stereocenters. The molecule has 0 heterocycles. The summed E-state index contributed by atoms with van der Waals surface area (Å²) in [6.07, 6.45) is 0. The van der Waals surface area contributed by atoms with Crippen molar-refractivity contribution in [3.8, 4) is 0 Å². The molecule has 1 N–H and O–H groups in total. The van der Waals surface area contributed by atoms with Crippen LogP contribution >= 0.6 is 0 Å². The van der Waals surface area contributed by atoms with Crippen LogP contribution in [0.3, 0.4) is 0 Å². The molecule has 0 spiro atoms. The fourth-order valence-corrected chi connectivity index (χ4v) is 1.79. The van der Waals surface area contributed by atoms with Crippen LogP contribution in [-0.4, -0.2) is 7.11 Å². The first-order chi connectivity index (χ1) is 9.19. The largest absolute Gasteiger partial charge is 0.381 e. The highest BCUT2D eigenvalue weighted by molar-refractivity contribution is 5.46. The summed E-state index contributed by atoms with van der Waals surface area (Å²) in [5, 5.41) is 3.16. The van der Waals surface area contributed by atoms with Crippen molar-refractivity contribution < 1.29 is 13.5 Å². The molecule has 0 bridgehead atoms. The van der Waals surface area contributed by atoms with E-state index in [1.165, 1.54) is 6.07 Å². The van der Waals surface area contributed by atoms with Gasteiger partial charge in [-0.05, 0) is 35.4 Å². The van der Waals surface area contributed by atoms with Crippen LogP contribution in [0.1, 0.15) is 11.1 Å². The van der Waals surface area contributed by atoms with E-state index in [2.05, 4.69) is 5.32 Å². The van der Waals surface area contributed by atoms with Crippen molar-refractivity contribution in [2.45, 2.75) is 13.2 Å². The molecule has 4 heteroatoms. The van der Waals surface area contributed by atoms with E-state index in [1.54, 1.807) is 13.2 Å². The van der Waals surface area contributed by atoms with E-state index in [0.29, 0.717) is 18.7 Å². The normalized spacial score (nSPS) is 10.5. The van der Waals surface area contributed by atoms with Crippen molar-refractivity contribution in [1.29, 1.82) is 0 Å². The molecule has 0 radical (unpaired) electrons. The van der Waals surface area contributed by atoms with Gasteiger partial charge in [0, 0.05) is 19.3 Å². The third kappa shape index (κ3) is 3.76. The highest BCUT2D eigenvalue weighted by Gasteiger charge is 2.02. The minimum absolute atomic E-state index is 0.438. The molecular weight excluding hydrogens is 248 g/mol. The summed E-state index contributed by atoms with van der Waals surface area (Å²) in [7, 11) is 1.64. The molecule has 0 aromatic heterocycles. The molecule has 19 heavy (non-hydrogen) atoms. The number of hydrogen-bond acceptors (Lipinski definition) is 2. The lowest BCUT2D eigenvalue weighted by molar-refractivity contribution is 0.185. The van der Waals surface area contributed by atoms with Crippen molar-refractivity contribution >= 4 is 5.69 Å². The maximum atomic E-state index is 13.1. The minimum Gasteiger partial charge on any atom is -0.381 e. The number of ether oxygens (including phenoxy) is 1. The third-order valence-corrected chi connectivity index (χ3v) is 2.72. The fraction of sp³-hybridized carbons (Fsp3) is 0.200. The summed E-state index contributed by atoms with van der Waals surface area (Å²) in [5.41, 5.74) is 2.66.